The number of anilines is 1. The highest BCUT2D eigenvalue weighted by Crippen LogP contribution is 2.30. The molecular weight excluding hydrogens is 366 g/mol. The molecule has 2 aliphatic rings. The number of hydrogen-bond donors (Lipinski definition) is 1. The highest BCUT2D eigenvalue weighted by atomic mass is 35.5. The van der Waals surface area contributed by atoms with E-state index in [0.29, 0.717) is 37.6 Å². The molecule has 2 atom stereocenters. The third-order valence-electron chi connectivity index (χ3n) is 5.32. The lowest BCUT2D eigenvalue weighted by Crippen LogP contribution is -2.52. The molecular formula is C19H22ClN5O2. The van der Waals surface area contributed by atoms with E-state index in [-0.39, 0.29) is 17.9 Å². The normalized spacial score (nSPS) is 23.1. The van der Waals surface area contributed by atoms with Crippen LogP contribution in [0, 0.1) is 5.92 Å². The number of halogens is 1. The second-order valence-electron chi connectivity index (χ2n) is 6.96. The maximum Gasteiger partial charge on any atom is 0.239 e. The van der Waals surface area contributed by atoms with Crippen molar-refractivity contribution in [1.82, 2.24) is 19.8 Å². The number of imidazole rings is 1. The highest BCUT2D eigenvalue weighted by Gasteiger charge is 2.42. The summed E-state index contributed by atoms with van der Waals surface area (Å²) in [5.74, 6) is -0.0532. The van der Waals surface area contributed by atoms with E-state index in [2.05, 4.69) is 10.3 Å². The second-order valence-corrected chi connectivity index (χ2v) is 7.39. The molecule has 0 radical (unpaired) electrons. The van der Waals surface area contributed by atoms with Crippen molar-refractivity contribution in [2.45, 2.75) is 12.5 Å². The minimum Gasteiger partial charge on any atom is -0.336 e. The van der Waals surface area contributed by atoms with Gasteiger partial charge in [0.25, 0.3) is 0 Å². The first-order valence-corrected chi connectivity index (χ1v) is 9.49. The van der Waals surface area contributed by atoms with Crippen molar-refractivity contribution in [2.24, 2.45) is 13.0 Å². The van der Waals surface area contributed by atoms with E-state index in [1.165, 1.54) is 0 Å². The van der Waals surface area contributed by atoms with Gasteiger partial charge >= 0.3 is 0 Å². The summed E-state index contributed by atoms with van der Waals surface area (Å²) in [4.78, 5) is 34.1. The van der Waals surface area contributed by atoms with Crippen LogP contribution in [0.2, 0.25) is 5.02 Å². The molecule has 2 saturated heterocycles. The predicted octanol–water partition coefficient (Wildman–Crippen LogP) is 1.60. The Labute approximate surface area is 162 Å². The third kappa shape index (κ3) is 3.33. The number of piperazine rings is 1. The molecule has 2 amide bonds. The molecule has 0 aliphatic carbocycles. The quantitative estimate of drug-likeness (QED) is 0.812. The molecule has 2 unspecified atom stereocenters. The van der Waals surface area contributed by atoms with Crippen molar-refractivity contribution in [3.63, 3.8) is 0 Å². The smallest absolute Gasteiger partial charge is 0.239 e. The number of benzene rings is 1. The monoisotopic (exact) mass is 387 g/mol. The lowest BCUT2D eigenvalue weighted by molar-refractivity contribution is -0.142. The molecule has 3 heterocycles. The average Bonchev–Trinajstić information content (AvgIpc) is 3.27. The summed E-state index contributed by atoms with van der Waals surface area (Å²) in [6.07, 6.45) is 4.13. The van der Waals surface area contributed by atoms with E-state index in [9.17, 15) is 9.59 Å². The van der Waals surface area contributed by atoms with Crippen molar-refractivity contribution in [2.75, 3.05) is 31.1 Å². The van der Waals surface area contributed by atoms with Crippen molar-refractivity contribution in [3.05, 3.63) is 47.5 Å². The van der Waals surface area contributed by atoms with Gasteiger partial charge in [0.1, 0.15) is 17.8 Å². The highest BCUT2D eigenvalue weighted by molar-refractivity contribution is 6.30. The van der Waals surface area contributed by atoms with Gasteiger partial charge in [-0.25, -0.2) is 4.98 Å². The number of carbonyl (C=O) groups is 2. The lowest BCUT2D eigenvalue weighted by atomic mass is 10.0. The predicted molar refractivity (Wildman–Crippen MR) is 102 cm³/mol. The first kappa shape index (κ1) is 18.0. The van der Waals surface area contributed by atoms with E-state index in [1.807, 2.05) is 34.8 Å². The van der Waals surface area contributed by atoms with Gasteiger partial charge in [-0.1, -0.05) is 11.6 Å². The van der Waals surface area contributed by atoms with Gasteiger partial charge in [0.15, 0.2) is 0 Å². The van der Waals surface area contributed by atoms with Gasteiger partial charge in [0.05, 0.1) is 0 Å². The largest absolute Gasteiger partial charge is 0.336 e. The summed E-state index contributed by atoms with van der Waals surface area (Å²) in [6, 6.07) is 6.98. The van der Waals surface area contributed by atoms with Crippen LogP contribution in [0.15, 0.2) is 36.7 Å². The Balaban J connectivity index is 1.54. The molecule has 142 valence electrons. The van der Waals surface area contributed by atoms with Crippen LogP contribution in [0.3, 0.4) is 0 Å². The summed E-state index contributed by atoms with van der Waals surface area (Å²) in [5.41, 5.74) is 0.778. The van der Waals surface area contributed by atoms with Gasteiger partial charge in [-0.3, -0.25) is 9.59 Å². The van der Waals surface area contributed by atoms with E-state index in [0.717, 1.165) is 11.5 Å². The topological polar surface area (TPSA) is 70.5 Å². The van der Waals surface area contributed by atoms with E-state index in [1.54, 1.807) is 23.2 Å². The first-order chi connectivity index (χ1) is 13.1. The van der Waals surface area contributed by atoms with Gasteiger partial charge in [-0.15, -0.1) is 0 Å². The molecule has 4 rings (SSSR count). The first-order valence-electron chi connectivity index (χ1n) is 9.11. The summed E-state index contributed by atoms with van der Waals surface area (Å²) in [6.45, 7) is 2.46. The van der Waals surface area contributed by atoms with Crippen molar-refractivity contribution in [3.8, 4) is 0 Å². The molecule has 1 N–H and O–H groups in total. The van der Waals surface area contributed by atoms with Crippen LogP contribution in [0.4, 0.5) is 5.69 Å². The van der Waals surface area contributed by atoms with Gasteiger partial charge in [-0.05, 0) is 30.7 Å². The van der Waals surface area contributed by atoms with Crippen molar-refractivity contribution < 1.29 is 9.59 Å². The number of carbonyl (C=O) groups excluding carboxylic acids is 2. The fraction of sp³-hybridized carbons (Fsp3) is 0.421. The molecule has 1 aromatic carbocycles. The Morgan fingerprint density at radius 2 is 2.04 bits per heavy atom. The molecule has 1 aromatic heterocycles. The summed E-state index contributed by atoms with van der Waals surface area (Å²) in [5, 5.41) is 3.94. The summed E-state index contributed by atoms with van der Waals surface area (Å²) in [7, 11) is 1.92. The van der Waals surface area contributed by atoms with Gasteiger partial charge in [-0.2, -0.15) is 0 Å². The molecule has 8 heteroatoms. The molecule has 27 heavy (non-hydrogen) atoms. The number of aromatic nitrogens is 2. The van der Waals surface area contributed by atoms with Crippen LogP contribution in [0.25, 0.3) is 0 Å². The maximum absolute atomic E-state index is 13.3. The second kappa shape index (κ2) is 7.32. The van der Waals surface area contributed by atoms with Gasteiger partial charge in [0, 0.05) is 56.3 Å². The lowest BCUT2D eigenvalue weighted by Gasteiger charge is -2.37. The van der Waals surface area contributed by atoms with Crippen LogP contribution in [0.1, 0.15) is 18.3 Å². The molecule has 2 fully saturated rings. The standard InChI is InChI=1S/C19H22ClN5O2/c1-23-10-8-22-17(23)16-12-21-7-11-25(16)19(27)15-6-9-24(18(15)26)14-4-2-13(20)3-5-14/h2-5,8,10,15-16,21H,6-7,9,11-12H2,1H3. The zero-order chi connectivity index (χ0) is 19.0. The molecule has 7 nitrogen and oxygen atoms in total. The van der Waals surface area contributed by atoms with Gasteiger partial charge < -0.3 is 19.7 Å². The van der Waals surface area contributed by atoms with E-state index in [4.69, 9.17) is 11.6 Å². The van der Waals surface area contributed by atoms with E-state index < -0.39 is 5.92 Å². The number of amides is 2. The SMILES string of the molecule is Cn1ccnc1C1CNCCN1C(=O)C1CCN(c2ccc(Cl)cc2)C1=O. The molecule has 2 aromatic rings. The zero-order valence-corrected chi connectivity index (χ0v) is 15.9. The molecule has 0 spiro atoms. The summed E-state index contributed by atoms with van der Waals surface area (Å²) >= 11 is 5.93. The fourth-order valence-electron chi connectivity index (χ4n) is 3.88. The van der Waals surface area contributed by atoms with Crippen LogP contribution >= 0.6 is 11.6 Å². The van der Waals surface area contributed by atoms with Gasteiger partial charge in [0.2, 0.25) is 11.8 Å². The maximum atomic E-state index is 13.3. The van der Waals surface area contributed by atoms with E-state index >= 15 is 0 Å². The number of nitrogens with zero attached hydrogens (tertiary/aromatic N) is 4. The molecule has 0 saturated carbocycles. The zero-order valence-electron chi connectivity index (χ0n) is 15.1. The number of nitrogens with one attached hydrogen (secondary N) is 1. The van der Waals surface area contributed by atoms with Crippen LogP contribution in [0.5, 0.6) is 0 Å². The number of rotatable bonds is 3. The van der Waals surface area contributed by atoms with Crippen LogP contribution in [-0.4, -0.2) is 52.4 Å². The van der Waals surface area contributed by atoms with Crippen molar-refractivity contribution in [1.29, 1.82) is 0 Å². The van der Waals surface area contributed by atoms with Crippen LogP contribution < -0.4 is 10.2 Å². The number of hydrogen-bond acceptors (Lipinski definition) is 4. The minimum absolute atomic E-state index is 0.106. The average molecular weight is 388 g/mol. The Morgan fingerprint density at radius 3 is 2.74 bits per heavy atom. The Bertz CT molecular complexity index is 850. The van der Waals surface area contributed by atoms with Crippen LogP contribution in [-0.2, 0) is 16.6 Å². The fourth-order valence-corrected chi connectivity index (χ4v) is 4.01. The third-order valence-corrected chi connectivity index (χ3v) is 5.58. The minimum atomic E-state index is -0.637. The molecule has 0 bridgehead atoms. The summed E-state index contributed by atoms with van der Waals surface area (Å²) < 4.78 is 1.93. The number of aryl methyl sites for hydroxylation is 1. The Morgan fingerprint density at radius 1 is 1.26 bits per heavy atom. The Hall–Kier alpha value is -2.38. The van der Waals surface area contributed by atoms with Crippen molar-refractivity contribution >= 4 is 29.1 Å². The Kier molecular flexibility index (Phi) is 4.88. The molecule has 2 aliphatic heterocycles.